The fourth-order valence-corrected chi connectivity index (χ4v) is 6.87. The molecule has 3 amide bonds. The maximum absolute atomic E-state index is 13.9. The first-order valence-corrected chi connectivity index (χ1v) is 15.5. The lowest BCUT2D eigenvalue weighted by molar-refractivity contribution is -0.143. The van der Waals surface area contributed by atoms with Gasteiger partial charge in [-0.15, -0.1) is 11.3 Å². The Kier molecular flexibility index (Phi) is 10.2. The van der Waals surface area contributed by atoms with Crippen LogP contribution in [-0.2, 0) is 22.7 Å². The van der Waals surface area contributed by atoms with E-state index >= 15 is 0 Å². The summed E-state index contributed by atoms with van der Waals surface area (Å²) in [7, 11) is 1.00. The van der Waals surface area contributed by atoms with Crippen LogP contribution in [0.25, 0.3) is 10.4 Å². The minimum Gasteiger partial charge on any atom is -0.400 e. The quantitative estimate of drug-likeness (QED) is 0.378. The monoisotopic (exact) mass is 590 g/mol. The van der Waals surface area contributed by atoms with Crippen molar-refractivity contribution in [1.82, 2.24) is 20.1 Å². The molecule has 9 heteroatoms. The van der Waals surface area contributed by atoms with Crippen LogP contribution in [-0.4, -0.2) is 63.4 Å². The Hall–Kier alpha value is -3.56. The molecule has 1 saturated heterocycles. The highest BCUT2D eigenvalue weighted by molar-refractivity contribution is 7.13. The number of aryl methyl sites for hydroxylation is 1. The van der Waals surface area contributed by atoms with Crippen LogP contribution in [0.3, 0.4) is 0 Å². The molecule has 0 saturated carbocycles. The normalized spacial score (nSPS) is 16.9. The SMILES string of the molecule is CO.Cc1ncsc1-c1ccc(CNC(=O)C2CCCN2C(=O)C(C(C)C)N2Cc3ccccc3C2=O)c(C(C)C)c1. The molecule has 3 aromatic rings. The summed E-state index contributed by atoms with van der Waals surface area (Å²) < 4.78 is 0. The molecule has 42 heavy (non-hydrogen) atoms. The Morgan fingerprint density at radius 3 is 2.50 bits per heavy atom. The number of fused-ring (bicyclic) bond motifs is 1. The number of amides is 3. The minimum atomic E-state index is -0.608. The van der Waals surface area contributed by atoms with E-state index in [0.717, 1.165) is 40.8 Å². The fourth-order valence-electron chi connectivity index (χ4n) is 6.07. The summed E-state index contributed by atoms with van der Waals surface area (Å²) in [6.07, 6.45) is 1.39. The number of hydrogen-bond acceptors (Lipinski definition) is 6. The van der Waals surface area contributed by atoms with Gasteiger partial charge in [-0.1, -0.05) is 58.0 Å². The van der Waals surface area contributed by atoms with Crippen molar-refractivity contribution in [2.45, 2.75) is 78.6 Å². The van der Waals surface area contributed by atoms with E-state index in [4.69, 9.17) is 5.11 Å². The Morgan fingerprint density at radius 1 is 1.12 bits per heavy atom. The molecule has 1 aromatic heterocycles. The highest BCUT2D eigenvalue weighted by atomic mass is 32.1. The smallest absolute Gasteiger partial charge is 0.255 e. The Morgan fingerprint density at radius 2 is 1.86 bits per heavy atom. The van der Waals surface area contributed by atoms with Gasteiger partial charge in [0, 0.05) is 32.3 Å². The molecule has 224 valence electrons. The van der Waals surface area contributed by atoms with Gasteiger partial charge in [0.2, 0.25) is 11.8 Å². The van der Waals surface area contributed by atoms with Gasteiger partial charge < -0.3 is 20.2 Å². The highest BCUT2D eigenvalue weighted by Crippen LogP contribution is 2.32. The fraction of sp³-hybridized carbons (Fsp3) is 0.455. The first-order valence-electron chi connectivity index (χ1n) is 14.6. The van der Waals surface area contributed by atoms with Crippen LogP contribution in [0.5, 0.6) is 0 Å². The van der Waals surface area contributed by atoms with Crippen LogP contribution in [0.15, 0.2) is 48.0 Å². The Labute approximate surface area is 252 Å². The zero-order chi connectivity index (χ0) is 30.6. The van der Waals surface area contributed by atoms with Crippen molar-refractivity contribution in [1.29, 1.82) is 0 Å². The second kappa shape index (κ2) is 13.6. The lowest BCUT2D eigenvalue weighted by atomic mass is 9.94. The largest absolute Gasteiger partial charge is 0.400 e. The number of aromatic nitrogens is 1. The van der Waals surface area contributed by atoms with Crippen LogP contribution in [0, 0.1) is 12.8 Å². The molecule has 2 aromatic carbocycles. The first kappa shape index (κ1) is 31.4. The molecular weight excluding hydrogens is 548 g/mol. The van der Waals surface area contributed by atoms with Crippen LogP contribution in [0.2, 0.25) is 0 Å². The number of carbonyl (C=O) groups is 3. The number of nitrogens with zero attached hydrogens (tertiary/aromatic N) is 3. The van der Waals surface area contributed by atoms with E-state index < -0.39 is 12.1 Å². The van der Waals surface area contributed by atoms with Crippen LogP contribution >= 0.6 is 11.3 Å². The van der Waals surface area contributed by atoms with Gasteiger partial charge in [0.05, 0.1) is 16.1 Å². The first-order chi connectivity index (χ1) is 20.2. The molecule has 5 rings (SSSR count). The second-order valence-corrected chi connectivity index (χ2v) is 12.4. The summed E-state index contributed by atoms with van der Waals surface area (Å²) in [4.78, 5) is 49.6. The van der Waals surface area contributed by atoms with Gasteiger partial charge in [0.25, 0.3) is 5.91 Å². The van der Waals surface area contributed by atoms with Crippen molar-refractivity contribution in [3.8, 4) is 10.4 Å². The van der Waals surface area contributed by atoms with Crippen LogP contribution in [0.1, 0.15) is 79.2 Å². The number of benzene rings is 2. The molecular formula is C33H42N4O4S. The van der Waals surface area contributed by atoms with Gasteiger partial charge in [0.1, 0.15) is 12.1 Å². The van der Waals surface area contributed by atoms with Gasteiger partial charge in [-0.05, 0) is 66.0 Å². The second-order valence-electron chi connectivity index (χ2n) is 11.5. The third-order valence-electron chi connectivity index (χ3n) is 8.14. The summed E-state index contributed by atoms with van der Waals surface area (Å²) >= 11 is 1.63. The van der Waals surface area contributed by atoms with E-state index in [1.807, 2.05) is 50.5 Å². The predicted molar refractivity (Wildman–Crippen MR) is 166 cm³/mol. The van der Waals surface area contributed by atoms with Crippen molar-refractivity contribution in [2.75, 3.05) is 13.7 Å². The van der Waals surface area contributed by atoms with Crippen molar-refractivity contribution < 1.29 is 19.5 Å². The molecule has 0 bridgehead atoms. The lowest BCUT2D eigenvalue weighted by Gasteiger charge is -2.35. The average molecular weight is 591 g/mol. The molecule has 2 aliphatic heterocycles. The van der Waals surface area contributed by atoms with Crippen molar-refractivity contribution >= 4 is 29.1 Å². The van der Waals surface area contributed by atoms with Crippen LogP contribution in [0.4, 0.5) is 0 Å². The standard InChI is InChI=1S/C32H38N4O3S.CH4O/c1-19(2)26-15-22(29-21(5)34-18-40-29)12-13-23(26)16-33-30(37)27-11-8-14-35(27)32(39)28(20(3)4)36-17-24-9-6-7-10-25(24)31(36)38;1-2/h6-7,9-10,12-13,15,18-20,27-28H,8,11,14,16-17H2,1-5H3,(H,33,37);2H,1H3. The number of hydrogen-bond donors (Lipinski definition) is 2. The van der Waals surface area contributed by atoms with E-state index in [0.29, 0.717) is 37.5 Å². The number of carbonyl (C=O) groups excluding carboxylic acids is 3. The predicted octanol–water partition coefficient (Wildman–Crippen LogP) is 5.14. The summed E-state index contributed by atoms with van der Waals surface area (Å²) in [5.74, 6) is -0.175. The summed E-state index contributed by atoms with van der Waals surface area (Å²) in [5.41, 5.74) is 7.90. The zero-order valence-electron chi connectivity index (χ0n) is 25.4. The van der Waals surface area contributed by atoms with Gasteiger partial charge >= 0.3 is 0 Å². The number of likely N-dealkylation sites (tertiary alicyclic amines) is 1. The number of aliphatic hydroxyl groups is 1. The highest BCUT2D eigenvalue weighted by Gasteiger charge is 2.43. The molecule has 8 nitrogen and oxygen atoms in total. The average Bonchev–Trinajstić information content (AvgIpc) is 3.72. The summed E-state index contributed by atoms with van der Waals surface area (Å²) in [6, 6.07) is 12.8. The molecule has 1 fully saturated rings. The maximum atomic E-state index is 13.9. The van der Waals surface area contributed by atoms with Crippen molar-refractivity contribution in [3.05, 3.63) is 75.9 Å². The topological polar surface area (TPSA) is 103 Å². The lowest BCUT2D eigenvalue weighted by Crippen LogP contribution is -2.55. The van der Waals surface area contributed by atoms with Gasteiger partial charge in [0.15, 0.2) is 0 Å². The third-order valence-corrected chi connectivity index (χ3v) is 9.11. The molecule has 0 aliphatic carbocycles. The van der Waals surface area contributed by atoms with E-state index in [2.05, 4.69) is 42.3 Å². The summed E-state index contributed by atoms with van der Waals surface area (Å²) in [6.45, 7) is 11.6. The molecule has 0 radical (unpaired) electrons. The minimum absolute atomic E-state index is 0.0793. The van der Waals surface area contributed by atoms with E-state index in [-0.39, 0.29) is 23.6 Å². The van der Waals surface area contributed by atoms with E-state index in [1.165, 1.54) is 5.56 Å². The Bertz CT molecular complexity index is 1430. The molecule has 3 heterocycles. The molecule has 2 atom stereocenters. The molecule has 2 unspecified atom stereocenters. The zero-order valence-corrected chi connectivity index (χ0v) is 26.2. The third kappa shape index (κ3) is 6.27. The van der Waals surface area contributed by atoms with E-state index in [9.17, 15) is 14.4 Å². The van der Waals surface area contributed by atoms with Gasteiger partial charge in [-0.3, -0.25) is 14.4 Å². The van der Waals surface area contributed by atoms with Gasteiger partial charge in [-0.25, -0.2) is 4.98 Å². The van der Waals surface area contributed by atoms with Gasteiger partial charge in [-0.2, -0.15) is 0 Å². The van der Waals surface area contributed by atoms with Crippen LogP contribution < -0.4 is 5.32 Å². The molecule has 0 spiro atoms. The molecule has 2 aliphatic rings. The number of thiazole rings is 1. The van der Waals surface area contributed by atoms with Crippen molar-refractivity contribution in [2.24, 2.45) is 5.92 Å². The molecule has 2 N–H and O–H groups in total. The maximum Gasteiger partial charge on any atom is 0.255 e. The van der Waals surface area contributed by atoms with E-state index in [1.54, 1.807) is 21.1 Å². The number of aliphatic hydroxyl groups excluding tert-OH is 1. The van der Waals surface area contributed by atoms with Crippen molar-refractivity contribution in [3.63, 3.8) is 0 Å². The summed E-state index contributed by atoms with van der Waals surface area (Å²) in [5, 5.41) is 10.1. The Balaban J connectivity index is 0.00000198. The number of nitrogens with one attached hydrogen (secondary N) is 1. The number of rotatable bonds is 8.